The van der Waals surface area contributed by atoms with Gasteiger partial charge in [0.2, 0.25) is 0 Å². The molecular weight excluding hydrogens is 287 g/mol. The van der Waals surface area contributed by atoms with Crippen molar-refractivity contribution in [2.45, 2.75) is 6.54 Å². The minimum atomic E-state index is -0.272. The van der Waals surface area contributed by atoms with Gasteiger partial charge in [0.1, 0.15) is 0 Å². The van der Waals surface area contributed by atoms with Crippen molar-refractivity contribution in [3.8, 4) is 0 Å². The number of hydrogen-bond acceptors (Lipinski definition) is 2. The van der Waals surface area contributed by atoms with Crippen molar-refractivity contribution in [2.75, 3.05) is 0 Å². The summed E-state index contributed by atoms with van der Waals surface area (Å²) in [6.45, 7) is 0.293. The van der Waals surface area contributed by atoms with E-state index in [0.717, 1.165) is 5.56 Å². The van der Waals surface area contributed by atoms with Crippen LogP contribution in [0.4, 0.5) is 0 Å². The molecule has 0 aliphatic heterocycles. The molecule has 0 aliphatic carbocycles. The van der Waals surface area contributed by atoms with Crippen molar-refractivity contribution in [2.24, 2.45) is 0 Å². The third kappa shape index (κ3) is 3.59. The molecule has 1 aromatic carbocycles. The van der Waals surface area contributed by atoms with Gasteiger partial charge in [-0.2, -0.15) is 4.73 Å². The topological polar surface area (TPSA) is 56.0 Å². The van der Waals surface area contributed by atoms with Gasteiger partial charge in [-0.05, 0) is 17.7 Å². The molecule has 0 radical (unpaired) electrons. The second-order valence-corrected chi connectivity index (χ2v) is 4.71. The summed E-state index contributed by atoms with van der Waals surface area (Å²) >= 11 is 11.8. The van der Waals surface area contributed by atoms with Crippen molar-refractivity contribution in [3.05, 3.63) is 69.1 Å². The maximum Gasteiger partial charge on any atom is 0.252 e. The summed E-state index contributed by atoms with van der Waals surface area (Å²) in [5, 5.41) is 14.6. The molecular formula is C13H10Cl2N2O2. The maximum absolute atomic E-state index is 11.8. The van der Waals surface area contributed by atoms with E-state index in [4.69, 9.17) is 23.2 Å². The molecule has 1 N–H and O–H groups in total. The molecule has 1 aromatic heterocycles. The van der Waals surface area contributed by atoms with E-state index in [1.807, 2.05) is 0 Å². The highest BCUT2D eigenvalue weighted by molar-refractivity contribution is 6.35. The van der Waals surface area contributed by atoms with Crippen molar-refractivity contribution in [3.63, 3.8) is 0 Å². The number of rotatable bonds is 3. The Morgan fingerprint density at radius 1 is 1.21 bits per heavy atom. The van der Waals surface area contributed by atoms with Crippen LogP contribution in [0.25, 0.3) is 0 Å². The zero-order valence-electron chi connectivity index (χ0n) is 9.77. The van der Waals surface area contributed by atoms with Gasteiger partial charge in [0, 0.05) is 28.7 Å². The van der Waals surface area contributed by atoms with E-state index in [1.54, 1.807) is 18.2 Å². The first kappa shape index (κ1) is 13.6. The zero-order chi connectivity index (χ0) is 13.8. The molecule has 2 rings (SSSR count). The van der Waals surface area contributed by atoms with Crippen LogP contribution in [0.5, 0.6) is 0 Å². The van der Waals surface area contributed by atoms with Crippen LogP contribution in [0.1, 0.15) is 15.9 Å². The van der Waals surface area contributed by atoms with E-state index >= 15 is 0 Å². The van der Waals surface area contributed by atoms with E-state index in [9.17, 15) is 10.0 Å². The number of aromatic nitrogens is 1. The Morgan fingerprint density at radius 3 is 2.53 bits per heavy atom. The molecule has 2 aromatic rings. The molecule has 0 unspecified atom stereocenters. The first-order chi connectivity index (χ1) is 9.06. The highest BCUT2D eigenvalue weighted by Crippen LogP contribution is 2.20. The first-order valence-corrected chi connectivity index (χ1v) is 6.23. The Labute approximate surface area is 120 Å². The van der Waals surface area contributed by atoms with Crippen molar-refractivity contribution in [1.29, 1.82) is 0 Å². The SMILES string of the molecule is O=C(NCc1ccc(Cl)cc1Cl)c1cc[n+]([O-])cc1. The standard InChI is InChI=1S/C13H10Cl2N2O2/c14-11-2-1-10(12(15)7-11)8-16-13(18)9-3-5-17(19)6-4-9/h1-7H,8H2,(H,16,18). The van der Waals surface area contributed by atoms with Crippen molar-refractivity contribution in [1.82, 2.24) is 5.32 Å². The molecule has 0 atom stereocenters. The molecule has 0 spiro atoms. The van der Waals surface area contributed by atoms with Crippen LogP contribution in [-0.2, 0) is 6.54 Å². The van der Waals surface area contributed by atoms with E-state index in [0.29, 0.717) is 26.9 Å². The normalized spacial score (nSPS) is 10.2. The summed E-state index contributed by atoms with van der Waals surface area (Å²) in [6, 6.07) is 7.98. The zero-order valence-corrected chi connectivity index (χ0v) is 11.3. The summed E-state index contributed by atoms with van der Waals surface area (Å²) in [5.74, 6) is -0.272. The Hall–Kier alpha value is -1.78. The number of pyridine rings is 1. The van der Waals surface area contributed by atoms with E-state index in [2.05, 4.69) is 5.32 Å². The lowest BCUT2D eigenvalue weighted by molar-refractivity contribution is -0.605. The van der Waals surface area contributed by atoms with Gasteiger partial charge < -0.3 is 10.5 Å². The van der Waals surface area contributed by atoms with Gasteiger partial charge in [0.15, 0.2) is 12.4 Å². The number of nitrogens with zero attached hydrogens (tertiary/aromatic N) is 1. The Bertz CT molecular complexity index is 600. The lowest BCUT2D eigenvalue weighted by Gasteiger charge is -2.07. The van der Waals surface area contributed by atoms with Gasteiger partial charge in [-0.3, -0.25) is 4.79 Å². The smallest absolute Gasteiger partial charge is 0.252 e. The van der Waals surface area contributed by atoms with Gasteiger partial charge in [0.05, 0.1) is 5.56 Å². The third-order valence-electron chi connectivity index (χ3n) is 2.52. The number of carbonyl (C=O) groups is 1. The number of nitrogens with one attached hydrogen (secondary N) is 1. The summed E-state index contributed by atoms with van der Waals surface area (Å²) in [4.78, 5) is 11.8. The number of hydrogen-bond donors (Lipinski definition) is 1. The first-order valence-electron chi connectivity index (χ1n) is 5.47. The molecule has 98 valence electrons. The third-order valence-corrected chi connectivity index (χ3v) is 3.11. The molecule has 4 nitrogen and oxygen atoms in total. The van der Waals surface area contributed by atoms with Gasteiger partial charge in [-0.15, -0.1) is 0 Å². The molecule has 19 heavy (non-hydrogen) atoms. The second-order valence-electron chi connectivity index (χ2n) is 3.87. The molecule has 0 aliphatic rings. The number of halogens is 2. The second kappa shape index (κ2) is 5.91. The number of carbonyl (C=O) groups excluding carboxylic acids is 1. The Kier molecular flexibility index (Phi) is 4.24. The number of benzene rings is 1. The predicted octanol–water partition coefficient (Wildman–Crippen LogP) is 2.56. The minimum absolute atomic E-state index is 0.272. The summed E-state index contributed by atoms with van der Waals surface area (Å²) in [7, 11) is 0. The maximum atomic E-state index is 11.8. The fraction of sp³-hybridized carbons (Fsp3) is 0.0769. The van der Waals surface area contributed by atoms with Crippen LogP contribution in [0.3, 0.4) is 0 Å². The van der Waals surface area contributed by atoms with E-state index < -0.39 is 0 Å². The van der Waals surface area contributed by atoms with Crippen molar-refractivity contribution < 1.29 is 9.52 Å². The monoisotopic (exact) mass is 296 g/mol. The van der Waals surface area contributed by atoms with Crippen LogP contribution in [0.2, 0.25) is 10.0 Å². The number of amides is 1. The van der Waals surface area contributed by atoms with Gasteiger partial charge in [-0.25, -0.2) is 0 Å². The Balaban J connectivity index is 2.02. The Morgan fingerprint density at radius 2 is 1.89 bits per heavy atom. The lowest BCUT2D eigenvalue weighted by Crippen LogP contribution is -2.27. The highest BCUT2D eigenvalue weighted by atomic mass is 35.5. The van der Waals surface area contributed by atoms with Crippen LogP contribution in [-0.4, -0.2) is 5.91 Å². The average molecular weight is 297 g/mol. The molecule has 1 amide bonds. The average Bonchev–Trinajstić information content (AvgIpc) is 2.38. The highest BCUT2D eigenvalue weighted by Gasteiger charge is 2.08. The lowest BCUT2D eigenvalue weighted by atomic mass is 10.2. The van der Waals surface area contributed by atoms with Gasteiger partial charge in [-0.1, -0.05) is 29.3 Å². The van der Waals surface area contributed by atoms with Gasteiger partial charge in [0.25, 0.3) is 5.91 Å². The predicted molar refractivity (Wildman–Crippen MR) is 73.0 cm³/mol. The summed E-state index contributed by atoms with van der Waals surface area (Å²) in [6.07, 6.45) is 2.54. The molecule has 0 fully saturated rings. The van der Waals surface area contributed by atoms with Crippen LogP contribution in [0.15, 0.2) is 42.7 Å². The molecule has 0 saturated heterocycles. The fourth-order valence-corrected chi connectivity index (χ4v) is 1.98. The van der Waals surface area contributed by atoms with Crippen molar-refractivity contribution >= 4 is 29.1 Å². The largest absolute Gasteiger partial charge is 0.619 e. The van der Waals surface area contributed by atoms with Crippen LogP contribution in [0, 0.1) is 5.21 Å². The quantitative estimate of drug-likeness (QED) is 0.699. The summed E-state index contributed by atoms with van der Waals surface area (Å²) in [5.41, 5.74) is 1.19. The molecule has 1 heterocycles. The van der Waals surface area contributed by atoms with Crippen LogP contribution >= 0.6 is 23.2 Å². The van der Waals surface area contributed by atoms with Gasteiger partial charge >= 0.3 is 0 Å². The molecule has 6 heteroatoms. The summed E-state index contributed by atoms with van der Waals surface area (Å²) < 4.78 is 0.618. The van der Waals surface area contributed by atoms with E-state index in [1.165, 1.54) is 24.5 Å². The molecule has 0 bridgehead atoms. The molecule has 0 saturated carbocycles. The van der Waals surface area contributed by atoms with Crippen LogP contribution < -0.4 is 10.0 Å². The van der Waals surface area contributed by atoms with E-state index in [-0.39, 0.29) is 5.91 Å². The fourth-order valence-electron chi connectivity index (χ4n) is 1.51. The minimum Gasteiger partial charge on any atom is -0.619 e.